The minimum absolute atomic E-state index is 0.208. The minimum atomic E-state index is -0.405. The maximum absolute atomic E-state index is 13.6. The van der Waals surface area contributed by atoms with E-state index in [1.807, 2.05) is 42.5 Å². The zero-order valence-electron chi connectivity index (χ0n) is 20.0. The predicted octanol–water partition coefficient (Wildman–Crippen LogP) is 5.39. The second-order valence-electron chi connectivity index (χ2n) is 9.24. The van der Waals surface area contributed by atoms with Crippen LogP contribution in [0, 0.1) is 17.7 Å². The molecule has 1 fully saturated rings. The van der Waals surface area contributed by atoms with Crippen molar-refractivity contribution in [2.24, 2.45) is 11.8 Å². The van der Waals surface area contributed by atoms with Crippen LogP contribution in [-0.4, -0.2) is 43.9 Å². The van der Waals surface area contributed by atoms with Crippen LogP contribution in [0.3, 0.4) is 0 Å². The van der Waals surface area contributed by atoms with Crippen LogP contribution >= 0.6 is 0 Å². The van der Waals surface area contributed by atoms with E-state index < -0.39 is 5.92 Å². The smallest absolute Gasteiger partial charge is 0.134 e. The van der Waals surface area contributed by atoms with Crippen LogP contribution in [0.5, 0.6) is 0 Å². The molecule has 1 saturated heterocycles. The third kappa shape index (κ3) is 6.03. The fourth-order valence-electron chi connectivity index (χ4n) is 4.42. The number of carbonyl (C=O) groups excluding carboxylic acids is 1. The molecule has 0 saturated carbocycles. The van der Waals surface area contributed by atoms with E-state index >= 15 is 0 Å². The molecule has 2 aliphatic rings. The molecule has 0 amide bonds. The number of ether oxygens (including phenoxy) is 1. The third-order valence-corrected chi connectivity index (χ3v) is 6.51. The van der Waals surface area contributed by atoms with E-state index in [4.69, 9.17) is 4.74 Å². The van der Waals surface area contributed by atoms with E-state index in [-0.39, 0.29) is 5.82 Å². The van der Waals surface area contributed by atoms with Gasteiger partial charge in [-0.3, -0.25) is 4.90 Å². The number of anilines is 1. The summed E-state index contributed by atoms with van der Waals surface area (Å²) in [6.45, 7) is 8.78. The fourth-order valence-corrected chi connectivity index (χ4v) is 4.42. The first-order valence-electron chi connectivity index (χ1n) is 12.0. The summed E-state index contributed by atoms with van der Waals surface area (Å²) in [5.41, 5.74) is 4.19. The van der Waals surface area contributed by atoms with Gasteiger partial charge in [0.05, 0.1) is 5.92 Å². The number of nitrogens with zero attached hydrogens (tertiary/aromatic N) is 2. The molecule has 0 radical (unpaired) electrons. The van der Waals surface area contributed by atoms with Crippen molar-refractivity contribution in [2.45, 2.75) is 20.5 Å². The van der Waals surface area contributed by atoms with Gasteiger partial charge < -0.3 is 14.4 Å². The average Bonchev–Trinajstić information content (AvgIpc) is 3.03. The lowest BCUT2D eigenvalue weighted by Crippen LogP contribution is -2.47. The Morgan fingerprint density at radius 3 is 2.47 bits per heavy atom. The van der Waals surface area contributed by atoms with Gasteiger partial charge >= 0.3 is 0 Å². The highest BCUT2D eigenvalue weighted by Gasteiger charge is 2.26. The molecule has 2 aromatic rings. The van der Waals surface area contributed by atoms with Gasteiger partial charge in [-0.05, 0) is 46.9 Å². The number of piperazine rings is 1. The number of rotatable bonds is 8. The van der Waals surface area contributed by atoms with Gasteiger partial charge in [-0.15, -0.1) is 0 Å². The third-order valence-electron chi connectivity index (χ3n) is 6.51. The van der Waals surface area contributed by atoms with Gasteiger partial charge in [0.25, 0.3) is 0 Å². The van der Waals surface area contributed by atoms with Crippen LogP contribution in [0.4, 0.5) is 10.1 Å². The molecule has 1 heterocycles. The van der Waals surface area contributed by atoms with E-state index in [1.165, 1.54) is 6.07 Å². The average molecular weight is 461 g/mol. The zero-order chi connectivity index (χ0) is 23.9. The summed E-state index contributed by atoms with van der Waals surface area (Å²) >= 11 is 0. The Morgan fingerprint density at radius 2 is 1.79 bits per heavy atom. The molecule has 0 spiro atoms. The van der Waals surface area contributed by atoms with Gasteiger partial charge in [-0.2, -0.15) is 0 Å². The Kier molecular flexibility index (Phi) is 7.96. The standard InChI is InChI=1S/C29H33FN2O2/c1-22(2)24-11-12-25(28(20-33)29(17-24)34-21-23-7-4-3-5-8-23)19-31-13-15-32(16-14-31)27-10-6-9-26(30)18-27/h3-12,17-18,20,22,28H,13-16,19,21H2,1-2H3. The van der Waals surface area contributed by atoms with Crippen LogP contribution < -0.4 is 4.90 Å². The van der Waals surface area contributed by atoms with Gasteiger partial charge in [0.1, 0.15) is 24.5 Å². The van der Waals surface area contributed by atoms with Gasteiger partial charge in [-0.1, -0.05) is 62.4 Å². The van der Waals surface area contributed by atoms with Gasteiger partial charge in [-0.25, -0.2) is 4.39 Å². The lowest BCUT2D eigenvalue weighted by atomic mass is 9.96. The van der Waals surface area contributed by atoms with Crippen molar-refractivity contribution >= 4 is 12.0 Å². The molecule has 0 N–H and O–H groups in total. The lowest BCUT2D eigenvalue weighted by Gasteiger charge is -2.37. The number of aldehydes is 1. The molecule has 34 heavy (non-hydrogen) atoms. The van der Waals surface area contributed by atoms with E-state index in [0.29, 0.717) is 24.8 Å². The molecular formula is C29H33FN2O2. The largest absolute Gasteiger partial charge is 0.492 e. The van der Waals surface area contributed by atoms with Gasteiger partial charge in [0.15, 0.2) is 0 Å². The number of hydrogen-bond acceptors (Lipinski definition) is 4. The molecule has 1 atom stereocenters. The Hall–Kier alpha value is -3.18. The number of allylic oxidation sites excluding steroid dienone is 5. The zero-order valence-corrected chi connectivity index (χ0v) is 20.0. The van der Waals surface area contributed by atoms with Gasteiger partial charge in [0.2, 0.25) is 0 Å². The van der Waals surface area contributed by atoms with Crippen molar-refractivity contribution < 1.29 is 13.9 Å². The first-order chi connectivity index (χ1) is 16.5. The first kappa shape index (κ1) is 24.0. The number of benzene rings is 2. The van der Waals surface area contributed by atoms with Crippen LogP contribution in [0.25, 0.3) is 0 Å². The molecule has 5 heteroatoms. The SMILES string of the molecule is CC(C)C1=CC=C(CN2CCN(c3cccc(F)c3)CC2)C(C=O)C(OCc2ccccc2)=C1. The Balaban J connectivity index is 1.46. The Morgan fingerprint density at radius 1 is 1.03 bits per heavy atom. The number of carbonyl (C=O) groups is 1. The van der Waals surface area contributed by atoms with E-state index in [1.54, 1.807) is 12.1 Å². The van der Waals surface area contributed by atoms with Crippen molar-refractivity contribution in [1.29, 1.82) is 0 Å². The second-order valence-corrected chi connectivity index (χ2v) is 9.24. The fraction of sp³-hybridized carbons (Fsp3) is 0.345. The minimum Gasteiger partial charge on any atom is -0.492 e. The van der Waals surface area contributed by atoms with Crippen molar-refractivity contribution in [1.82, 2.24) is 4.90 Å². The maximum Gasteiger partial charge on any atom is 0.134 e. The predicted molar refractivity (Wildman–Crippen MR) is 135 cm³/mol. The second kappa shape index (κ2) is 11.3. The van der Waals surface area contributed by atoms with Crippen LogP contribution in [-0.2, 0) is 16.1 Å². The molecule has 0 aromatic heterocycles. The van der Waals surface area contributed by atoms with E-state index in [2.05, 4.69) is 35.8 Å². The Bertz CT molecular complexity index is 1070. The molecule has 1 unspecified atom stereocenters. The quantitative estimate of drug-likeness (QED) is 0.495. The highest BCUT2D eigenvalue weighted by Crippen LogP contribution is 2.29. The summed E-state index contributed by atoms with van der Waals surface area (Å²) in [5, 5.41) is 0. The van der Waals surface area contributed by atoms with Crippen LogP contribution in [0.1, 0.15) is 19.4 Å². The first-order valence-corrected chi connectivity index (χ1v) is 12.0. The molecule has 4 rings (SSSR count). The highest BCUT2D eigenvalue weighted by atomic mass is 19.1. The number of hydrogen-bond donors (Lipinski definition) is 0. The lowest BCUT2D eigenvalue weighted by molar-refractivity contribution is -0.110. The van der Waals surface area contributed by atoms with E-state index in [0.717, 1.165) is 54.9 Å². The van der Waals surface area contributed by atoms with Crippen LogP contribution in [0.15, 0.2) is 89.7 Å². The summed E-state index contributed by atoms with van der Waals surface area (Å²) in [6, 6.07) is 16.8. The topological polar surface area (TPSA) is 32.8 Å². The summed E-state index contributed by atoms with van der Waals surface area (Å²) in [4.78, 5) is 16.9. The molecule has 4 nitrogen and oxygen atoms in total. The van der Waals surface area contributed by atoms with Crippen LogP contribution in [0.2, 0.25) is 0 Å². The highest BCUT2D eigenvalue weighted by molar-refractivity contribution is 5.65. The molecule has 1 aliphatic carbocycles. The molecule has 2 aromatic carbocycles. The van der Waals surface area contributed by atoms with Crippen molar-refractivity contribution in [2.75, 3.05) is 37.6 Å². The van der Waals surface area contributed by atoms with Crippen molar-refractivity contribution in [3.8, 4) is 0 Å². The molecule has 178 valence electrons. The molecular weight excluding hydrogens is 427 g/mol. The summed E-state index contributed by atoms with van der Waals surface area (Å²) in [5.74, 6) is 0.423. The normalized spacial score (nSPS) is 19.2. The number of halogens is 1. The maximum atomic E-state index is 13.6. The monoisotopic (exact) mass is 460 g/mol. The summed E-state index contributed by atoms with van der Waals surface area (Å²) in [7, 11) is 0. The molecule has 0 bridgehead atoms. The van der Waals surface area contributed by atoms with Crippen molar-refractivity contribution in [3.63, 3.8) is 0 Å². The van der Waals surface area contributed by atoms with Gasteiger partial charge in [0, 0.05) is 38.4 Å². The van der Waals surface area contributed by atoms with E-state index in [9.17, 15) is 9.18 Å². The molecule has 1 aliphatic heterocycles. The van der Waals surface area contributed by atoms with Crippen molar-refractivity contribution in [3.05, 3.63) is 101 Å². The summed E-state index contributed by atoms with van der Waals surface area (Å²) in [6.07, 6.45) is 7.27. The Labute approximate surface area is 202 Å². The summed E-state index contributed by atoms with van der Waals surface area (Å²) < 4.78 is 19.8.